The van der Waals surface area contributed by atoms with Gasteiger partial charge in [-0.3, -0.25) is 4.79 Å². The number of amides is 3. The summed E-state index contributed by atoms with van der Waals surface area (Å²) in [6, 6.07) is 8.16. The number of nitrogens with zero attached hydrogens (tertiary/aromatic N) is 3. The quantitative estimate of drug-likeness (QED) is 0.760. The molecule has 0 spiro atoms. The number of H-pyrrole nitrogens is 1. The molecule has 0 fully saturated rings. The predicted octanol–water partition coefficient (Wildman–Crippen LogP) is 1.44. The molecule has 0 bridgehead atoms. The van der Waals surface area contributed by atoms with Crippen LogP contribution in [0, 0.1) is 11.3 Å². The van der Waals surface area contributed by atoms with E-state index in [0.29, 0.717) is 25.1 Å². The average Bonchev–Trinajstić information content (AvgIpc) is 3.12. The number of hydrogen-bond donors (Lipinski definition) is 3. The van der Waals surface area contributed by atoms with Crippen molar-refractivity contribution in [3.8, 4) is 6.07 Å². The molecule has 1 aromatic carbocycles. The zero-order valence-corrected chi connectivity index (χ0v) is 15.3. The molecule has 140 valence electrons. The highest BCUT2D eigenvalue weighted by atomic mass is 16.2. The van der Waals surface area contributed by atoms with E-state index < -0.39 is 6.04 Å². The topological polar surface area (TPSA) is 114 Å². The summed E-state index contributed by atoms with van der Waals surface area (Å²) in [7, 11) is 0. The number of hydrogen-bond acceptors (Lipinski definition) is 4. The van der Waals surface area contributed by atoms with Crippen LogP contribution in [0.4, 0.5) is 4.79 Å². The number of imidazole rings is 1. The molecule has 3 N–H and O–H groups in total. The smallest absolute Gasteiger partial charge is 0.318 e. The number of nitriles is 1. The molecule has 8 heteroatoms. The molecule has 2 aromatic rings. The van der Waals surface area contributed by atoms with E-state index >= 15 is 0 Å². The fraction of sp³-hybridized carbons (Fsp3) is 0.368. The molecule has 0 saturated carbocycles. The van der Waals surface area contributed by atoms with Crippen LogP contribution in [0.25, 0.3) is 0 Å². The molecule has 0 aliphatic carbocycles. The predicted molar refractivity (Wildman–Crippen MR) is 98.3 cm³/mol. The molecule has 3 rings (SSSR count). The second kappa shape index (κ2) is 7.91. The van der Waals surface area contributed by atoms with Crippen LogP contribution in [0.3, 0.4) is 0 Å². The van der Waals surface area contributed by atoms with E-state index in [0.717, 1.165) is 17.0 Å². The summed E-state index contributed by atoms with van der Waals surface area (Å²) in [5, 5.41) is 14.6. The first-order valence-corrected chi connectivity index (χ1v) is 8.83. The molecule has 2 heterocycles. The number of urea groups is 1. The van der Waals surface area contributed by atoms with Gasteiger partial charge in [0.25, 0.3) is 0 Å². The Morgan fingerprint density at radius 3 is 2.78 bits per heavy atom. The van der Waals surface area contributed by atoms with Crippen molar-refractivity contribution in [1.82, 2.24) is 25.5 Å². The van der Waals surface area contributed by atoms with Crippen LogP contribution >= 0.6 is 0 Å². The zero-order chi connectivity index (χ0) is 19.4. The Labute approximate surface area is 157 Å². The lowest BCUT2D eigenvalue weighted by molar-refractivity contribution is -0.126. The minimum atomic E-state index is -0.627. The van der Waals surface area contributed by atoms with Gasteiger partial charge in [-0.1, -0.05) is 12.1 Å². The second-order valence-electron chi connectivity index (χ2n) is 6.81. The highest BCUT2D eigenvalue weighted by Gasteiger charge is 2.36. The summed E-state index contributed by atoms with van der Waals surface area (Å²) in [4.78, 5) is 34.2. The average molecular weight is 366 g/mol. The molecule has 1 atom stereocenters. The molecule has 0 saturated heterocycles. The third-order valence-corrected chi connectivity index (χ3v) is 4.42. The van der Waals surface area contributed by atoms with E-state index in [9.17, 15) is 9.59 Å². The molecule has 1 aromatic heterocycles. The van der Waals surface area contributed by atoms with Crippen LogP contribution in [0.15, 0.2) is 30.6 Å². The maximum Gasteiger partial charge on any atom is 0.318 e. The van der Waals surface area contributed by atoms with E-state index in [2.05, 4.69) is 26.7 Å². The number of fused-ring (bicyclic) bond motifs is 1. The molecular weight excluding hydrogens is 344 g/mol. The number of carbonyl (C=O) groups is 2. The van der Waals surface area contributed by atoms with Gasteiger partial charge in [0.1, 0.15) is 6.04 Å². The Morgan fingerprint density at radius 1 is 1.37 bits per heavy atom. The van der Waals surface area contributed by atoms with Gasteiger partial charge in [0.2, 0.25) is 5.91 Å². The number of rotatable bonds is 4. The van der Waals surface area contributed by atoms with Crippen LogP contribution in [0.5, 0.6) is 0 Å². The number of carbonyl (C=O) groups excluding carboxylic acids is 2. The monoisotopic (exact) mass is 366 g/mol. The van der Waals surface area contributed by atoms with Crippen molar-refractivity contribution in [2.75, 3.05) is 0 Å². The fourth-order valence-electron chi connectivity index (χ4n) is 3.02. The summed E-state index contributed by atoms with van der Waals surface area (Å²) in [5.41, 5.74) is 3.11. The van der Waals surface area contributed by atoms with Crippen molar-refractivity contribution < 1.29 is 9.59 Å². The van der Waals surface area contributed by atoms with Gasteiger partial charge in [-0.05, 0) is 31.5 Å². The molecular formula is C19H22N6O2. The van der Waals surface area contributed by atoms with Gasteiger partial charge in [0.15, 0.2) is 0 Å². The van der Waals surface area contributed by atoms with Gasteiger partial charge in [0, 0.05) is 19.0 Å². The summed E-state index contributed by atoms with van der Waals surface area (Å²) >= 11 is 0. The Morgan fingerprint density at radius 2 is 2.11 bits per heavy atom. The van der Waals surface area contributed by atoms with E-state index in [4.69, 9.17) is 5.26 Å². The van der Waals surface area contributed by atoms with Gasteiger partial charge in [-0.2, -0.15) is 5.26 Å². The Kier molecular flexibility index (Phi) is 5.41. The van der Waals surface area contributed by atoms with Crippen LogP contribution in [-0.4, -0.2) is 38.9 Å². The van der Waals surface area contributed by atoms with Crippen molar-refractivity contribution in [2.24, 2.45) is 0 Å². The minimum absolute atomic E-state index is 0.0250. The lowest BCUT2D eigenvalue weighted by Gasteiger charge is -2.34. The van der Waals surface area contributed by atoms with Gasteiger partial charge >= 0.3 is 6.03 Å². The van der Waals surface area contributed by atoms with Crippen molar-refractivity contribution in [3.63, 3.8) is 0 Å². The second-order valence-corrected chi connectivity index (χ2v) is 6.81. The zero-order valence-electron chi connectivity index (χ0n) is 15.3. The number of nitrogens with one attached hydrogen (secondary N) is 3. The van der Waals surface area contributed by atoms with Crippen LogP contribution in [-0.2, 0) is 24.3 Å². The molecule has 1 aliphatic rings. The molecule has 27 heavy (non-hydrogen) atoms. The van der Waals surface area contributed by atoms with Gasteiger partial charge in [-0.15, -0.1) is 0 Å². The summed E-state index contributed by atoms with van der Waals surface area (Å²) < 4.78 is 0. The van der Waals surface area contributed by atoms with Crippen molar-refractivity contribution in [3.05, 3.63) is 53.1 Å². The fourth-order valence-corrected chi connectivity index (χ4v) is 3.02. The highest BCUT2D eigenvalue weighted by Crippen LogP contribution is 2.21. The summed E-state index contributed by atoms with van der Waals surface area (Å²) in [6.07, 6.45) is 1.95. The van der Waals surface area contributed by atoms with Crippen LogP contribution in [0.2, 0.25) is 0 Å². The van der Waals surface area contributed by atoms with Gasteiger partial charge in [0.05, 0.1) is 35.9 Å². The number of aromatic amines is 1. The maximum atomic E-state index is 12.8. The highest BCUT2D eigenvalue weighted by molar-refractivity contribution is 5.87. The van der Waals surface area contributed by atoms with E-state index in [1.54, 1.807) is 30.6 Å². The van der Waals surface area contributed by atoms with Gasteiger partial charge in [-0.25, -0.2) is 9.78 Å². The number of aromatic nitrogens is 2. The Hall–Kier alpha value is -3.34. The largest absolute Gasteiger partial charge is 0.350 e. The van der Waals surface area contributed by atoms with E-state index in [1.165, 1.54) is 4.90 Å². The lowest BCUT2D eigenvalue weighted by atomic mass is 10.0. The van der Waals surface area contributed by atoms with Crippen molar-refractivity contribution >= 4 is 11.9 Å². The third kappa shape index (κ3) is 4.26. The standard InChI is InChI=1S/C19H22N6O2/c1-12(2)24-19(27)25-10-16-15(22-11-23-16)7-17(25)18(26)21-9-14-5-3-13(8-20)4-6-14/h3-6,11-12,17H,7,9-10H2,1-2H3,(H,21,26)(H,22,23)(H,24,27)/t17-/m0/s1. The molecule has 1 aliphatic heterocycles. The normalized spacial score (nSPS) is 15.8. The molecule has 0 unspecified atom stereocenters. The van der Waals surface area contributed by atoms with Crippen molar-refractivity contribution in [1.29, 1.82) is 5.26 Å². The van der Waals surface area contributed by atoms with E-state index in [-0.39, 0.29) is 18.0 Å². The van der Waals surface area contributed by atoms with Crippen molar-refractivity contribution in [2.45, 2.75) is 45.4 Å². The number of benzene rings is 1. The maximum absolute atomic E-state index is 12.8. The van der Waals surface area contributed by atoms with E-state index in [1.807, 2.05) is 13.8 Å². The third-order valence-electron chi connectivity index (χ3n) is 4.42. The lowest BCUT2D eigenvalue weighted by Crippen LogP contribution is -2.56. The first-order valence-electron chi connectivity index (χ1n) is 8.83. The Bertz CT molecular complexity index is 865. The molecule has 0 radical (unpaired) electrons. The SMILES string of the molecule is CC(C)NC(=O)N1Cc2[nH]cnc2C[C@H]1C(=O)NCc1ccc(C#N)cc1. The summed E-state index contributed by atoms with van der Waals surface area (Å²) in [5.74, 6) is -0.230. The molecule has 3 amide bonds. The Balaban J connectivity index is 1.71. The van der Waals surface area contributed by atoms with Crippen LogP contribution < -0.4 is 10.6 Å². The first-order chi connectivity index (χ1) is 13.0. The summed E-state index contributed by atoms with van der Waals surface area (Å²) in [6.45, 7) is 4.39. The van der Waals surface area contributed by atoms with Gasteiger partial charge < -0.3 is 20.5 Å². The minimum Gasteiger partial charge on any atom is -0.350 e. The van der Waals surface area contributed by atoms with Crippen LogP contribution in [0.1, 0.15) is 36.4 Å². The first kappa shape index (κ1) is 18.5. The molecule has 8 nitrogen and oxygen atoms in total.